The van der Waals surface area contributed by atoms with Crippen molar-refractivity contribution in [2.45, 2.75) is 56.1 Å². The van der Waals surface area contributed by atoms with Crippen LogP contribution in [0.3, 0.4) is 0 Å². The standard InChI is InChI=1S/C28H35NO2SSi/c1-6-13-24(29-32(30,31)25-20-18-23(2)19-21-25)22-33(28(3,4)5,26-14-9-7-10-15-26)27-16-11-8-12-17-27/h6-12,14-21,24,29H,1,13,22H2,2-5H3/t24-/m1/s1. The van der Waals surface area contributed by atoms with Crippen molar-refractivity contribution in [3.63, 3.8) is 0 Å². The van der Waals surface area contributed by atoms with Gasteiger partial charge < -0.3 is 0 Å². The van der Waals surface area contributed by atoms with Gasteiger partial charge in [-0.3, -0.25) is 0 Å². The van der Waals surface area contributed by atoms with Gasteiger partial charge in [0.15, 0.2) is 0 Å². The van der Waals surface area contributed by atoms with Crippen molar-refractivity contribution in [1.29, 1.82) is 0 Å². The first-order valence-corrected chi connectivity index (χ1v) is 15.1. The van der Waals surface area contributed by atoms with Crippen LogP contribution < -0.4 is 15.1 Å². The second-order valence-corrected chi connectivity index (χ2v) is 16.3. The van der Waals surface area contributed by atoms with Gasteiger partial charge in [-0.1, -0.05) is 116 Å². The average molecular weight is 478 g/mol. The van der Waals surface area contributed by atoms with E-state index in [9.17, 15) is 8.42 Å². The predicted octanol–water partition coefficient (Wildman–Crippen LogP) is 5.28. The molecule has 0 radical (unpaired) electrons. The Kier molecular flexibility index (Phi) is 7.78. The van der Waals surface area contributed by atoms with E-state index in [0.717, 1.165) is 11.6 Å². The number of benzene rings is 3. The van der Waals surface area contributed by atoms with Crippen LogP contribution in [0.15, 0.2) is 102 Å². The maximum Gasteiger partial charge on any atom is 0.240 e. The molecule has 0 saturated heterocycles. The summed E-state index contributed by atoms with van der Waals surface area (Å²) in [5.74, 6) is 0. The molecule has 3 aromatic carbocycles. The molecular weight excluding hydrogens is 442 g/mol. The lowest BCUT2D eigenvalue weighted by atomic mass is 10.2. The summed E-state index contributed by atoms with van der Waals surface area (Å²) in [7, 11) is -6.09. The first kappa shape index (κ1) is 25.2. The smallest absolute Gasteiger partial charge is 0.208 e. The third-order valence-electron chi connectivity index (χ3n) is 6.47. The maximum absolute atomic E-state index is 13.3. The van der Waals surface area contributed by atoms with Gasteiger partial charge in [-0.15, -0.1) is 6.58 Å². The molecule has 3 nitrogen and oxygen atoms in total. The molecule has 0 heterocycles. The molecule has 0 saturated carbocycles. The minimum atomic E-state index is -3.66. The number of sulfonamides is 1. The molecule has 3 aromatic rings. The van der Waals surface area contributed by atoms with Crippen LogP contribution in [0.1, 0.15) is 32.8 Å². The minimum absolute atomic E-state index is 0.0512. The van der Waals surface area contributed by atoms with Crippen molar-refractivity contribution < 1.29 is 8.42 Å². The number of aryl methyl sites for hydroxylation is 1. The minimum Gasteiger partial charge on any atom is -0.208 e. The van der Waals surface area contributed by atoms with Crippen LogP contribution in [-0.2, 0) is 10.0 Å². The second kappa shape index (κ2) is 10.2. The van der Waals surface area contributed by atoms with Gasteiger partial charge in [0.05, 0.1) is 4.90 Å². The second-order valence-electron chi connectivity index (χ2n) is 9.75. The quantitative estimate of drug-likeness (QED) is 0.337. The highest BCUT2D eigenvalue weighted by Gasteiger charge is 2.48. The number of hydrogen-bond donors (Lipinski definition) is 1. The summed E-state index contributed by atoms with van der Waals surface area (Å²) in [5, 5.41) is 2.57. The Hall–Kier alpha value is -2.47. The molecule has 0 aromatic heterocycles. The van der Waals surface area contributed by atoms with E-state index >= 15 is 0 Å². The van der Waals surface area contributed by atoms with Crippen LogP contribution in [0.5, 0.6) is 0 Å². The lowest BCUT2D eigenvalue weighted by Gasteiger charge is -2.46. The molecule has 0 unspecified atom stereocenters. The summed E-state index contributed by atoms with van der Waals surface area (Å²) in [6.07, 6.45) is 2.38. The summed E-state index contributed by atoms with van der Waals surface area (Å²) in [6.45, 7) is 12.8. The Morgan fingerprint density at radius 1 is 0.879 bits per heavy atom. The zero-order valence-electron chi connectivity index (χ0n) is 20.1. The largest absolute Gasteiger partial charge is 0.240 e. The highest BCUT2D eigenvalue weighted by Crippen LogP contribution is 2.40. The predicted molar refractivity (Wildman–Crippen MR) is 143 cm³/mol. The van der Waals surface area contributed by atoms with Crippen molar-refractivity contribution in [2.75, 3.05) is 0 Å². The first-order valence-electron chi connectivity index (χ1n) is 11.4. The van der Waals surface area contributed by atoms with E-state index in [0.29, 0.717) is 11.3 Å². The topological polar surface area (TPSA) is 46.2 Å². The molecule has 0 fully saturated rings. The molecule has 5 heteroatoms. The van der Waals surface area contributed by atoms with Gasteiger partial charge in [-0.25, -0.2) is 13.1 Å². The zero-order valence-corrected chi connectivity index (χ0v) is 21.9. The fraction of sp³-hybridized carbons (Fsp3) is 0.286. The Balaban J connectivity index is 2.11. The molecule has 0 bridgehead atoms. The molecule has 0 aliphatic heterocycles. The fourth-order valence-electron chi connectivity index (χ4n) is 4.77. The summed E-state index contributed by atoms with van der Waals surface area (Å²) >= 11 is 0. The zero-order chi connectivity index (χ0) is 24.1. The summed E-state index contributed by atoms with van der Waals surface area (Å²) < 4.78 is 29.6. The van der Waals surface area contributed by atoms with Gasteiger partial charge >= 0.3 is 0 Å². The summed E-state index contributed by atoms with van der Waals surface area (Å²) in [4.78, 5) is 0.296. The van der Waals surface area contributed by atoms with Gasteiger partial charge in [0.25, 0.3) is 0 Å². The van der Waals surface area contributed by atoms with Crippen LogP contribution in [0, 0.1) is 6.92 Å². The van der Waals surface area contributed by atoms with Crippen LogP contribution in [-0.4, -0.2) is 22.5 Å². The van der Waals surface area contributed by atoms with E-state index in [1.54, 1.807) is 12.1 Å². The molecular formula is C28H35NO2SSi. The molecule has 0 aliphatic rings. The Bertz CT molecular complexity index is 1110. The maximum atomic E-state index is 13.3. The SMILES string of the molecule is C=CC[C@H](C[Si](c1ccccc1)(c1ccccc1)C(C)(C)C)NS(=O)(=O)c1ccc(C)cc1. The van der Waals surface area contributed by atoms with Crippen LogP contribution in [0.25, 0.3) is 0 Å². The molecule has 174 valence electrons. The molecule has 3 rings (SSSR count). The van der Waals surface area contributed by atoms with Gasteiger partial charge in [0.1, 0.15) is 8.07 Å². The van der Waals surface area contributed by atoms with Crippen molar-refractivity contribution in [2.24, 2.45) is 0 Å². The average Bonchev–Trinajstić information content (AvgIpc) is 2.78. The van der Waals surface area contributed by atoms with Crippen molar-refractivity contribution in [1.82, 2.24) is 4.72 Å². The monoisotopic (exact) mass is 477 g/mol. The number of nitrogens with one attached hydrogen (secondary N) is 1. The van der Waals surface area contributed by atoms with E-state index in [1.807, 2.05) is 37.3 Å². The molecule has 0 aliphatic carbocycles. The molecule has 0 amide bonds. The van der Waals surface area contributed by atoms with E-state index in [-0.39, 0.29) is 11.1 Å². The van der Waals surface area contributed by atoms with Crippen LogP contribution in [0.4, 0.5) is 0 Å². The Morgan fingerprint density at radius 3 is 1.79 bits per heavy atom. The van der Waals surface area contributed by atoms with Crippen molar-refractivity contribution in [3.8, 4) is 0 Å². The lowest BCUT2D eigenvalue weighted by Crippen LogP contribution is -2.66. The van der Waals surface area contributed by atoms with Crippen molar-refractivity contribution in [3.05, 3.63) is 103 Å². The third-order valence-corrected chi connectivity index (χ3v) is 14.3. The lowest BCUT2D eigenvalue weighted by molar-refractivity contribution is 0.558. The summed E-state index contributed by atoms with van der Waals surface area (Å²) in [5.41, 5.74) is 1.03. The third kappa shape index (κ3) is 5.54. The van der Waals surface area contributed by atoms with E-state index in [4.69, 9.17) is 0 Å². The van der Waals surface area contributed by atoms with Crippen LogP contribution >= 0.6 is 0 Å². The van der Waals surface area contributed by atoms with Crippen LogP contribution in [0.2, 0.25) is 11.1 Å². The highest BCUT2D eigenvalue weighted by atomic mass is 32.2. The van der Waals surface area contributed by atoms with E-state index in [2.05, 4.69) is 80.6 Å². The highest BCUT2D eigenvalue weighted by molar-refractivity contribution is 7.89. The number of hydrogen-bond acceptors (Lipinski definition) is 2. The first-order chi connectivity index (χ1) is 15.6. The summed E-state index contributed by atoms with van der Waals surface area (Å²) in [6, 6.07) is 28.8. The number of rotatable bonds is 9. The Labute approximate surface area is 200 Å². The molecule has 0 spiro atoms. The van der Waals surface area contributed by atoms with Crippen molar-refractivity contribution >= 4 is 28.5 Å². The Morgan fingerprint density at radius 2 is 1.36 bits per heavy atom. The van der Waals surface area contributed by atoms with Gasteiger partial charge in [0.2, 0.25) is 10.0 Å². The molecule has 33 heavy (non-hydrogen) atoms. The van der Waals surface area contributed by atoms with E-state index in [1.165, 1.54) is 10.4 Å². The van der Waals surface area contributed by atoms with Gasteiger partial charge in [0, 0.05) is 6.04 Å². The van der Waals surface area contributed by atoms with Gasteiger partial charge in [-0.2, -0.15) is 0 Å². The normalized spacial score (nSPS) is 13.5. The molecule has 1 N–H and O–H groups in total. The van der Waals surface area contributed by atoms with Gasteiger partial charge in [-0.05, 0) is 36.6 Å². The fourth-order valence-corrected chi connectivity index (χ4v) is 11.8. The van der Waals surface area contributed by atoms with E-state index < -0.39 is 18.1 Å². The molecule has 1 atom stereocenters.